The molecule has 0 fully saturated rings. The Kier molecular flexibility index (Phi) is 4.09. The minimum absolute atomic E-state index is 0.576. The van der Waals surface area contributed by atoms with Gasteiger partial charge < -0.3 is 0 Å². The first-order valence-corrected chi connectivity index (χ1v) is 8.88. The third-order valence-corrected chi connectivity index (χ3v) is 5.26. The molecule has 3 rings (SSSR count). The van der Waals surface area contributed by atoms with E-state index in [0.717, 1.165) is 31.6 Å². The second kappa shape index (κ2) is 5.83. The van der Waals surface area contributed by atoms with E-state index in [1.54, 1.807) is 11.3 Å². The summed E-state index contributed by atoms with van der Waals surface area (Å²) in [6, 6.07) is 8.15. The standard InChI is InChI=1S/C13H13BrN4S2/c1-8(2)19-7-11-15-16-13-18(11)17-12(20-13)9-3-5-10(14)6-4-9/h3-6,8H,7H2,1-2H3. The number of benzene rings is 1. The highest BCUT2D eigenvalue weighted by Crippen LogP contribution is 2.27. The molecule has 1 aromatic carbocycles. The average molecular weight is 369 g/mol. The summed E-state index contributed by atoms with van der Waals surface area (Å²) in [5.41, 5.74) is 1.10. The van der Waals surface area contributed by atoms with Crippen molar-refractivity contribution in [2.45, 2.75) is 24.9 Å². The molecule has 0 aliphatic rings. The summed E-state index contributed by atoms with van der Waals surface area (Å²) in [5, 5.41) is 14.6. The molecule has 20 heavy (non-hydrogen) atoms. The number of hydrogen-bond acceptors (Lipinski definition) is 5. The highest BCUT2D eigenvalue weighted by molar-refractivity contribution is 9.10. The van der Waals surface area contributed by atoms with Gasteiger partial charge in [-0.2, -0.15) is 21.4 Å². The summed E-state index contributed by atoms with van der Waals surface area (Å²) in [7, 11) is 0. The molecule has 0 bridgehead atoms. The molecule has 0 unspecified atom stereocenters. The molecule has 2 aromatic heterocycles. The third-order valence-electron chi connectivity index (χ3n) is 2.69. The fourth-order valence-corrected chi connectivity index (χ4v) is 3.49. The van der Waals surface area contributed by atoms with Gasteiger partial charge in [-0.05, 0) is 17.4 Å². The van der Waals surface area contributed by atoms with Crippen molar-refractivity contribution in [1.82, 2.24) is 19.8 Å². The zero-order chi connectivity index (χ0) is 14.1. The molecular formula is C13H13BrN4S2. The monoisotopic (exact) mass is 368 g/mol. The van der Waals surface area contributed by atoms with Gasteiger partial charge in [0.05, 0.1) is 5.75 Å². The lowest BCUT2D eigenvalue weighted by molar-refractivity contribution is 0.885. The van der Waals surface area contributed by atoms with Gasteiger partial charge in [-0.3, -0.25) is 0 Å². The van der Waals surface area contributed by atoms with Crippen molar-refractivity contribution in [3.63, 3.8) is 0 Å². The summed E-state index contributed by atoms with van der Waals surface area (Å²) < 4.78 is 2.93. The minimum atomic E-state index is 0.576. The van der Waals surface area contributed by atoms with E-state index in [2.05, 4.69) is 57.2 Å². The van der Waals surface area contributed by atoms with Gasteiger partial charge in [-0.25, -0.2) is 0 Å². The van der Waals surface area contributed by atoms with Crippen molar-refractivity contribution >= 4 is 44.0 Å². The molecule has 104 valence electrons. The van der Waals surface area contributed by atoms with Crippen LogP contribution < -0.4 is 0 Å². The molecule has 0 atom stereocenters. The Morgan fingerprint density at radius 3 is 2.70 bits per heavy atom. The van der Waals surface area contributed by atoms with Crippen molar-refractivity contribution in [3.05, 3.63) is 34.6 Å². The first-order valence-electron chi connectivity index (χ1n) is 6.22. The maximum absolute atomic E-state index is 4.63. The van der Waals surface area contributed by atoms with E-state index in [4.69, 9.17) is 0 Å². The molecule has 0 N–H and O–H groups in total. The highest BCUT2D eigenvalue weighted by atomic mass is 79.9. The van der Waals surface area contributed by atoms with Crippen LogP contribution in [0.3, 0.4) is 0 Å². The van der Waals surface area contributed by atoms with Crippen LogP contribution in [-0.2, 0) is 5.75 Å². The maximum Gasteiger partial charge on any atom is 0.235 e. The molecule has 0 radical (unpaired) electrons. The number of hydrogen-bond donors (Lipinski definition) is 0. The van der Waals surface area contributed by atoms with Crippen LogP contribution in [0.1, 0.15) is 19.7 Å². The van der Waals surface area contributed by atoms with E-state index < -0.39 is 0 Å². The van der Waals surface area contributed by atoms with Gasteiger partial charge in [0.15, 0.2) is 5.82 Å². The van der Waals surface area contributed by atoms with Crippen LogP contribution in [0.4, 0.5) is 0 Å². The van der Waals surface area contributed by atoms with Gasteiger partial charge >= 0.3 is 0 Å². The van der Waals surface area contributed by atoms with Crippen LogP contribution in [-0.4, -0.2) is 25.1 Å². The third kappa shape index (κ3) is 2.89. The second-order valence-electron chi connectivity index (χ2n) is 4.58. The Morgan fingerprint density at radius 2 is 2.00 bits per heavy atom. The minimum Gasteiger partial charge on any atom is -0.186 e. The van der Waals surface area contributed by atoms with Gasteiger partial charge in [-0.1, -0.05) is 53.2 Å². The molecule has 0 aliphatic carbocycles. The van der Waals surface area contributed by atoms with E-state index in [1.165, 1.54) is 0 Å². The highest BCUT2D eigenvalue weighted by Gasteiger charge is 2.13. The first kappa shape index (κ1) is 14.0. The SMILES string of the molecule is CC(C)SCc1nnc2sc(-c3ccc(Br)cc3)nn12. The first-order chi connectivity index (χ1) is 9.63. The zero-order valence-corrected chi connectivity index (χ0v) is 14.3. The van der Waals surface area contributed by atoms with Gasteiger partial charge in [-0.15, -0.1) is 10.2 Å². The summed E-state index contributed by atoms with van der Waals surface area (Å²) >= 11 is 6.85. The Morgan fingerprint density at radius 1 is 1.25 bits per heavy atom. The van der Waals surface area contributed by atoms with Gasteiger partial charge in [0.2, 0.25) is 4.96 Å². The second-order valence-corrected chi connectivity index (χ2v) is 8.02. The van der Waals surface area contributed by atoms with Gasteiger partial charge in [0, 0.05) is 10.0 Å². The van der Waals surface area contributed by atoms with E-state index in [0.29, 0.717) is 5.25 Å². The van der Waals surface area contributed by atoms with E-state index in [-0.39, 0.29) is 0 Å². The normalized spacial score (nSPS) is 11.6. The quantitative estimate of drug-likeness (QED) is 0.689. The number of halogens is 1. The van der Waals surface area contributed by atoms with Gasteiger partial charge in [0.1, 0.15) is 5.01 Å². The lowest BCUT2D eigenvalue weighted by Gasteiger charge is -2.01. The van der Waals surface area contributed by atoms with Crippen LogP contribution in [0.15, 0.2) is 28.7 Å². The van der Waals surface area contributed by atoms with Crippen molar-refractivity contribution < 1.29 is 0 Å². The maximum atomic E-state index is 4.63. The predicted octanol–water partition coefficient (Wildman–Crippen LogP) is 4.26. The lowest BCUT2D eigenvalue weighted by atomic mass is 10.2. The van der Waals surface area contributed by atoms with Crippen LogP contribution in [0.2, 0.25) is 0 Å². The van der Waals surface area contributed by atoms with Crippen LogP contribution in [0.25, 0.3) is 15.5 Å². The molecule has 3 aromatic rings. The van der Waals surface area contributed by atoms with E-state index >= 15 is 0 Å². The molecule has 0 spiro atoms. The Balaban J connectivity index is 1.92. The topological polar surface area (TPSA) is 43.1 Å². The van der Waals surface area contributed by atoms with E-state index in [1.807, 2.05) is 28.4 Å². The van der Waals surface area contributed by atoms with Gasteiger partial charge in [0.25, 0.3) is 0 Å². The fourth-order valence-electron chi connectivity index (χ4n) is 1.70. The largest absolute Gasteiger partial charge is 0.235 e. The zero-order valence-electron chi connectivity index (χ0n) is 11.1. The van der Waals surface area contributed by atoms with Crippen LogP contribution >= 0.6 is 39.0 Å². The number of rotatable bonds is 4. The summed E-state index contributed by atoms with van der Waals surface area (Å²) in [5.74, 6) is 1.75. The van der Waals surface area contributed by atoms with Crippen molar-refractivity contribution in [2.24, 2.45) is 0 Å². The van der Waals surface area contributed by atoms with Crippen molar-refractivity contribution in [2.75, 3.05) is 0 Å². The number of fused-ring (bicyclic) bond motifs is 1. The van der Waals surface area contributed by atoms with Crippen LogP contribution in [0, 0.1) is 0 Å². The molecule has 0 saturated carbocycles. The summed E-state index contributed by atoms with van der Waals surface area (Å²) in [6.07, 6.45) is 0. The van der Waals surface area contributed by atoms with E-state index in [9.17, 15) is 0 Å². The molecule has 2 heterocycles. The smallest absolute Gasteiger partial charge is 0.186 e. The predicted molar refractivity (Wildman–Crippen MR) is 88.2 cm³/mol. The molecule has 7 heteroatoms. The Labute approximate surface area is 133 Å². The molecular weight excluding hydrogens is 356 g/mol. The Hall–Kier alpha value is -0.920. The lowest BCUT2D eigenvalue weighted by Crippen LogP contribution is -1.96. The fraction of sp³-hybridized carbons (Fsp3) is 0.308. The number of aromatic nitrogens is 4. The average Bonchev–Trinajstić information content (AvgIpc) is 2.97. The molecule has 0 amide bonds. The van der Waals surface area contributed by atoms with Crippen molar-refractivity contribution in [3.8, 4) is 10.6 Å². The Bertz CT molecular complexity index is 718. The van der Waals surface area contributed by atoms with Crippen LogP contribution in [0.5, 0.6) is 0 Å². The number of nitrogens with zero attached hydrogens (tertiary/aromatic N) is 4. The van der Waals surface area contributed by atoms with Crippen molar-refractivity contribution in [1.29, 1.82) is 0 Å². The molecule has 0 aliphatic heterocycles. The molecule has 0 saturated heterocycles. The molecule has 4 nitrogen and oxygen atoms in total. The summed E-state index contributed by atoms with van der Waals surface area (Å²) in [6.45, 7) is 4.36. The number of thioether (sulfide) groups is 1. The summed E-state index contributed by atoms with van der Waals surface area (Å²) in [4.78, 5) is 0.849.